The molecular formula is C13H19F4N3. The molecule has 0 aliphatic carbocycles. The minimum atomic E-state index is -4.15. The highest BCUT2D eigenvalue weighted by Crippen LogP contribution is 2.21. The van der Waals surface area contributed by atoms with Crippen molar-refractivity contribution < 1.29 is 17.6 Å². The lowest BCUT2D eigenvalue weighted by molar-refractivity contribution is -0.137. The van der Waals surface area contributed by atoms with Crippen LogP contribution >= 0.6 is 0 Å². The maximum Gasteiger partial charge on any atom is 0.390 e. The Kier molecular flexibility index (Phi) is 5.88. The van der Waals surface area contributed by atoms with Crippen molar-refractivity contribution in [2.75, 3.05) is 20.1 Å². The summed E-state index contributed by atoms with van der Waals surface area (Å²) in [5.74, 6) is -0.540. The van der Waals surface area contributed by atoms with E-state index in [1.54, 1.807) is 11.9 Å². The Labute approximate surface area is 115 Å². The van der Waals surface area contributed by atoms with Gasteiger partial charge in [0.25, 0.3) is 0 Å². The number of nitrogens with zero attached hydrogens (tertiary/aromatic N) is 2. The summed E-state index contributed by atoms with van der Waals surface area (Å²) >= 11 is 0. The normalized spacial score (nSPS) is 15.4. The van der Waals surface area contributed by atoms with Crippen LogP contribution in [0, 0.1) is 11.7 Å². The summed E-state index contributed by atoms with van der Waals surface area (Å²) < 4.78 is 49.1. The largest absolute Gasteiger partial charge is 0.390 e. The van der Waals surface area contributed by atoms with Crippen molar-refractivity contribution >= 4 is 0 Å². The van der Waals surface area contributed by atoms with Gasteiger partial charge in [-0.05, 0) is 25.1 Å². The maximum absolute atomic E-state index is 12.8. The van der Waals surface area contributed by atoms with Crippen LogP contribution in [0.5, 0.6) is 0 Å². The quantitative estimate of drug-likeness (QED) is 0.820. The Balaban J connectivity index is 2.48. The number of rotatable bonds is 6. The average molecular weight is 293 g/mol. The van der Waals surface area contributed by atoms with Crippen LogP contribution in [0.1, 0.15) is 25.1 Å². The second kappa shape index (κ2) is 6.99. The number of hydrogen-bond acceptors (Lipinski definition) is 3. The Hall–Kier alpha value is -1.21. The zero-order valence-electron chi connectivity index (χ0n) is 11.5. The van der Waals surface area contributed by atoms with E-state index in [2.05, 4.69) is 4.98 Å². The van der Waals surface area contributed by atoms with Crippen LogP contribution in [0.3, 0.4) is 0 Å². The van der Waals surface area contributed by atoms with E-state index in [0.29, 0.717) is 12.2 Å². The highest BCUT2D eigenvalue weighted by Gasteiger charge is 2.27. The van der Waals surface area contributed by atoms with E-state index >= 15 is 0 Å². The molecule has 2 N–H and O–H groups in total. The third kappa shape index (κ3) is 5.83. The van der Waals surface area contributed by atoms with Crippen molar-refractivity contribution in [2.24, 2.45) is 11.7 Å². The van der Waals surface area contributed by atoms with Crippen molar-refractivity contribution in [2.45, 2.75) is 25.6 Å². The van der Waals surface area contributed by atoms with Crippen molar-refractivity contribution in [3.8, 4) is 0 Å². The molecule has 0 aliphatic rings. The third-order valence-corrected chi connectivity index (χ3v) is 3.08. The van der Waals surface area contributed by atoms with Gasteiger partial charge in [0.05, 0.1) is 24.4 Å². The molecule has 2 unspecified atom stereocenters. The molecule has 114 valence electrons. The molecular weight excluding hydrogens is 274 g/mol. The average Bonchev–Trinajstić information content (AvgIpc) is 2.35. The van der Waals surface area contributed by atoms with Gasteiger partial charge in [0, 0.05) is 13.1 Å². The van der Waals surface area contributed by atoms with Gasteiger partial charge in [0.15, 0.2) is 0 Å². The maximum atomic E-state index is 12.8. The molecule has 1 rings (SSSR count). The van der Waals surface area contributed by atoms with E-state index in [9.17, 15) is 17.6 Å². The Morgan fingerprint density at radius 2 is 2.00 bits per heavy atom. The number of pyridine rings is 1. The molecule has 7 heteroatoms. The van der Waals surface area contributed by atoms with Crippen LogP contribution in [0.2, 0.25) is 0 Å². The molecule has 2 atom stereocenters. The number of hydrogen-bond donors (Lipinski definition) is 1. The van der Waals surface area contributed by atoms with Crippen LogP contribution in [0.15, 0.2) is 18.3 Å². The first kappa shape index (κ1) is 16.8. The molecule has 1 aromatic heterocycles. The molecule has 0 saturated heterocycles. The zero-order valence-corrected chi connectivity index (χ0v) is 11.5. The van der Waals surface area contributed by atoms with Crippen LogP contribution in [-0.2, 0) is 0 Å². The summed E-state index contributed by atoms with van der Waals surface area (Å²) in [5.41, 5.74) is 6.52. The topological polar surface area (TPSA) is 42.1 Å². The second-order valence-corrected chi connectivity index (χ2v) is 5.03. The zero-order chi connectivity index (χ0) is 15.3. The molecule has 0 spiro atoms. The Morgan fingerprint density at radius 3 is 2.50 bits per heavy atom. The van der Waals surface area contributed by atoms with Crippen molar-refractivity contribution in [1.82, 2.24) is 9.88 Å². The summed E-state index contributed by atoms with van der Waals surface area (Å²) in [6, 6.07) is 2.32. The number of halogens is 4. The van der Waals surface area contributed by atoms with E-state index in [0.717, 1.165) is 6.20 Å². The molecule has 20 heavy (non-hydrogen) atoms. The monoisotopic (exact) mass is 293 g/mol. The van der Waals surface area contributed by atoms with E-state index in [1.807, 2.05) is 6.92 Å². The van der Waals surface area contributed by atoms with Crippen LogP contribution in [0.25, 0.3) is 0 Å². The summed E-state index contributed by atoms with van der Waals surface area (Å²) in [7, 11) is 1.62. The lowest BCUT2D eigenvalue weighted by Crippen LogP contribution is -2.33. The highest BCUT2D eigenvalue weighted by atomic mass is 19.4. The van der Waals surface area contributed by atoms with Gasteiger partial charge >= 0.3 is 6.18 Å². The fourth-order valence-corrected chi connectivity index (χ4v) is 1.89. The Morgan fingerprint density at radius 1 is 1.35 bits per heavy atom. The van der Waals surface area contributed by atoms with Gasteiger partial charge in [-0.3, -0.25) is 4.98 Å². The van der Waals surface area contributed by atoms with Crippen LogP contribution < -0.4 is 5.73 Å². The van der Waals surface area contributed by atoms with E-state index in [1.165, 1.54) is 12.1 Å². The molecule has 0 fully saturated rings. The fraction of sp³-hybridized carbons (Fsp3) is 0.615. The molecule has 0 aliphatic heterocycles. The molecule has 0 aromatic carbocycles. The van der Waals surface area contributed by atoms with Crippen molar-refractivity contribution in [3.63, 3.8) is 0 Å². The number of aromatic nitrogens is 1. The van der Waals surface area contributed by atoms with Gasteiger partial charge in [0.2, 0.25) is 0 Å². The van der Waals surface area contributed by atoms with Gasteiger partial charge in [-0.25, -0.2) is 4.39 Å². The predicted molar refractivity (Wildman–Crippen MR) is 68.5 cm³/mol. The molecule has 1 heterocycles. The molecule has 0 amide bonds. The second-order valence-electron chi connectivity index (χ2n) is 5.03. The number of alkyl halides is 3. The molecule has 0 bridgehead atoms. The van der Waals surface area contributed by atoms with Crippen molar-refractivity contribution in [3.05, 3.63) is 29.8 Å². The van der Waals surface area contributed by atoms with Gasteiger partial charge in [0.1, 0.15) is 5.82 Å². The summed E-state index contributed by atoms with van der Waals surface area (Å²) in [5, 5.41) is 0. The lowest BCUT2D eigenvalue weighted by Gasteiger charge is -2.25. The summed E-state index contributed by atoms with van der Waals surface area (Å²) in [4.78, 5) is 5.48. The van der Waals surface area contributed by atoms with Gasteiger partial charge < -0.3 is 10.6 Å². The van der Waals surface area contributed by atoms with Crippen LogP contribution in [-0.4, -0.2) is 36.2 Å². The van der Waals surface area contributed by atoms with E-state index in [4.69, 9.17) is 5.73 Å². The molecule has 1 aromatic rings. The minimum Gasteiger partial charge on any atom is -0.322 e. The molecule has 0 saturated carbocycles. The van der Waals surface area contributed by atoms with Crippen molar-refractivity contribution in [1.29, 1.82) is 0 Å². The van der Waals surface area contributed by atoms with E-state index in [-0.39, 0.29) is 12.5 Å². The van der Waals surface area contributed by atoms with E-state index < -0.39 is 24.5 Å². The molecule has 0 radical (unpaired) electrons. The SMILES string of the molecule is CC(CN(C)CCC(F)(F)F)C(N)c1ccc(F)cn1. The predicted octanol–water partition coefficient (Wildman–Crippen LogP) is 2.74. The fourth-order valence-electron chi connectivity index (χ4n) is 1.89. The smallest absolute Gasteiger partial charge is 0.322 e. The lowest BCUT2D eigenvalue weighted by atomic mass is 9.98. The summed E-state index contributed by atoms with van der Waals surface area (Å²) in [6.45, 7) is 2.17. The first-order valence-electron chi connectivity index (χ1n) is 6.31. The summed E-state index contributed by atoms with van der Waals surface area (Å²) in [6.07, 6.45) is -3.92. The molecule has 3 nitrogen and oxygen atoms in total. The van der Waals surface area contributed by atoms with Crippen LogP contribution in [0.4, 0.5) is 17.6 Å². The number of nitrogens with two attached hydrogens (primary N) is 1. The highest BCUT2D eigenvalue weighted by molar-refractivity contribution is 5.10. The van der Waals surface area contributed by atoms with Gasteiger partial charge in [-0.1, -0.05) is 6.92 Å². The van der Waals surface area contributed by atoms with Gasteiger partial charge in [-0.2, -0.15) is 13.2 Å². The minimum absolute atomic E-state index is 0.0720. The first-order valence-corrected chi connectivity index (χ1v) is 6.31. The third-order valence-electron chi connectivity index (χ3n) is 3.08. The first-order chi connectivity index (χ1) is 9.19. The standard InChI is InChI=1S/C13H19F4N3/c1-9(8-20(2)6-5-13(15,16)17)12(18)11-4-3-10(14)7-19-11/h3-4,7,9,12H,5-6,8,18H2,1-2H3. The van der Waals surface area contributed by atoms with Gasteiger partial charge in [-0.15, -0.1) is 0 Å². The Bertz CT molecular complexity index is 405.